The Hall–Kier alpha value is -4.16. The maximum Gasteiger partial charge on any atom is 0.295 e. The molecular formula is C28H23ClN4O2. The van der Waals surface area contributed by atoms with E-state index in [0.717, 1.165) is 22.2 Å². The highest BCUT2D eigenvalue weighted by Gasteiger charge is 2.23. The zero-order valence-corrected chi connectivity index (χ0v) is 20.3. The smallest absolute Gasteiger partial charge is 0.295 e. The number of fused-ring (bicyclic) bond motifs is 1. The molecule has 0 aliphatic heterocycles. The van der Waals surface area contributed by atoms with E-state index in [1.165, 1.54) is 0 Å². The summed E-state index contributed by atoms with van der Waals surface area (Å²) < 4.78 is 3.28. The fraction of sp³-hybridized carbons (Fsp3) is 0.107. The van der Waals surface area contributed by atoms with Crippen LogP contribution in [0.4, 0.5) is 5.69 Å². The summed E-state index contributed by atoms with van der Waals surface area (Å²) in [6, 6.07) is 24.2. The largest absolute Gasteiger partial charge is 0.316 e. The first-order chi connectivity index (χ1) is 16.9. The highest BCUT2D eigenvalue weighted by molar-refractivity contribution is 6.30. The van der Waals surface area contributed by atoms with Crippen LogP contribution in [0, 0.1) is 13.8 Å². The zero-order chi connectivity index (χ0) is 24.7. The van der Waals surface area contributed by atoms with Crippen LogP contribution in [0.5, 0.6) is 0 Å². The molecule has 1 N–H and O–H groups in total. The van der Waals surface area contributed by atoms with Gasteiger partial charge in [-0.25, -0.2) is 9.67 Å². The molecule has 0 fully saturated rings. The number of rotatable bonds is 4. The average molecular weight is 483 g/mol. The van der Waals surface area contributed by atoms with Gasteiger partial charge in [0.05, 0.1) is 28.2 Å². The van der Waals surface area contributed by atoms with Gasteiger partial charge in [0.1, 0.15) is 5.69 Å². The summed E-state index contributed by atoms with van der Waals surface area (Å²) in [5.74, 6) is -0.359. The van der Waals surface area contributed by atoms with Gasteiger partial charge in [-0.15, -0.1) is 0 Å². The second-order valence-electron chi connectivity index (χ2n) is 8.38. The fourth-order valence-electron chi connectivity index (χ4n) is 4.38. The molecule has 6 nitrogen and oxygen atoms in total. The molecule has 0 saturated heterocycles. The van der Waals surface area contributed by atoms with Crippen molar-refractivity contribution >= 4 is 34.1 Å². The number of hydrogen-bond donors (Lipinski definition) is 1. The number of nitrogens with one attached hydrogen (secondary N) is 1. The molecular weight excluding hydrogens is 460 g/mol. The Labute approximate surface area is 207 Å². The lowest BCUT2D eigenvalue weighted by molar-refractivity contribution is 0.102. The van der Waals surface area contributed by atoms with E-state index in [4.69, 9.17) is 16.6 Å². The molecule has 1 amide bonds. The second-order valence-corrected chi connectivity index (χ2v) is 8.81. The number of nitrogens with zero attached hydrogens (tertiary/aromatic N) is 3. The summed E-state index contributed by atoms with van der Waals surface area (Å²) in [6.07, 6.45) is 0. The molecule has 2 aromatic heterocycles. The number of carbonyl (C=O) groups is 1. The Bertz CT molecular complexity index is 1630. The second kappa shape index (κ2) is 8.89. The van der Waals surface area contributed by atoms with Crippen molar-refractivity contribution in [3.63, 3.8) is 0 Å². The summed E-state index contributed by atoms with van der Waals surface area (Å²) in [7, 11) is 1.80. The van der Waals surface area contributed by atoms with Crippen LogP contribution < -0.4 is 10.9 Å². The Morgan fingerprint density at radius 1 is 0.914 bits per heavy atom. The number of para-hydroxylation sites is 2. The highest BCUT2D eigenvalue weighted by atomic mass is 35.5. The Morgan fingerprint density at radius 3 is 2.29 bits per heavy atom. The van der Waals surface area contributed by atoms with Crippen molar-refractivity contribution in [2.75, 3.05) is 5.32 Å². The summed E-state index contributed by atoms with van der Waals surface area (Å²) in [5.41, 5.74) is 4.77. The molecule has 0 bridgehead atoms. The molecule has 7 heteroatoms. The Balaban J connectivity index is 1.64. The van der Waals surface area contributed by atoms with Crippen LogP contribution in [-0.4, -0.2) is 20.3 Å². The molecule has 0 spiro atoms. The lowest BCUT2D eigenvalue weighted by Gasteiger charge is -2.14. The van der Waals surface area contributed by atoms with Crippen molar-refractivity contribution in [2.45, 2.75) is 13.8 Å². The molecule has 0 unspecified atom stereocenters. The van der Waals surface area contributed by atoms with Gasteiger partial charge in [-0.3, -0.25) is 14.3 Å². The van der Waals surface area contributed by atoms with Crippen molar-refractivity contribution in [1.82, 2.24) is 14.3 Å². The van der Waals surface area contributed by atoms with Gasteiger partial charge in [-0.05, 0) is 49.7 Å². The molecule has 0 aliphatic carbocycles. The molecule has 0 saturated carbocycles. The summed E-state index contributed by atoms with van der Waals surface area (Å²) >= 11 is 6.08. The number of amides is 1. The van der Waals surface area contributed by atoms with Crippen molar-refractivity contribution in [3.8, 4) is 16.9 Å². The molecule has 5 aromatic rings. The summed E-state index contributed by atoms with van der Waals surface area (Å²) in [5, 5.41) is 4.25. The SMILES string of the molecule is Cc1c(-c2ccc(Cl)cc2)nc2ccccc2c1C(=O)Nc1c(C)n(C)n(-c2ccccc2)c1=O. The molecule has 0 radical (unpaired) electrons. The quantitative estimate of drug-likeness (QED) is 0.346. The maximum absolute atomic E-state index is 13.7. The van der Waals surface area contributed by atoms with E-state index < -0.39 is 0 Å². The molecule has 35 heavy (non-hydrogen) atoms. The lowest BCUT2D eigenvalue weighted by atomic mass is 9.97. The summed E-state index contributed by atoms with van der Waals surface area (Å²) in [6.45, 7) is 3.69. The van der Waals surface area contributed by atoms with Crippen LogP contribution >= 0.6 is 11.6 Å². The van der Waals surface area contributed by atoms with Crippen LogP contribution in [0.3, 0.4) is 0 Å². The number of benzene rings is 3. The first kappa shape index (κ1) is 22.6. The van der Waals surface area contributed by atoms with Crippen molar-refractivity contribution < 1.29 is 4.79 Å². The van der Waals surface area contributed by atoms with Gasteiger partial charge < -0.3 is 5.32 Å². The normalized spacial score (nSPS) is 11.1. The van der Waals surface area contributed by atoms with E-state index >= 15 is 0 Å². The van der Waals surface area contributed by atoms with E-state index in [1.807, 2.05) is 80.6 Å². The number of anilines is 1. The third kappa shape index (κ3) is 3.92. The molecule has 174 valence electrons. The molecule has 3 aromatic carbocycles. The standard InChI is InChI=1S/C28H23ClN4O2/c1-17-24(22-11-7-8-12-23(22)30-25(17)19-13-15-20(29)16-14-19)27(34)31-26-18(2)32(3)33(28(26)35)21-9-5-4-6-10-21/h4-16H,1-3H3,(H,31,34). The topological polar surface area (TPSA) is 68.9 Å². The predicted molar refractivity (Wildman–Crippen MR) is 141 cm³/mol. The van der Waals surface area contributed by atoms with E-state index in [1.54, 1.807) is 28.5 Å². The Kier molecular flexibility index (Phi) is 5.75. The third-order valence-corrected chi connectivity index (χ3v) is 6.53. The van der Waals surface area contributed by atoms with Crippen molar-refractivity contribution in [2.24, 2.45) is 7.05 Å². The number of hydrogen-bond acceptors (Lipinski definition) is 3. The number of pyridine rings is 1. The van der Waals surface area contributed by atoms with E-state index in [2.05, 4.69) is 5.32 Å². The van der Waals surface area contributed by atoms with Gasteiger partial charge in [0.25, 0.3) is 11.5 Å². The minimum absolute atomic E-state index is 0.245. The van der Waals surface area contributed by atoms with Gasteiger partial charge in [-0.2, -0.15) is 0 Å². The van der Waals surface area contributed by atoms with E-state index in [-0.39, 0.29) is 17.2 Å². The Morgan fingerprint density at radius 2 is 1.57 bits per heavy atom. The van der Waals surface area contributed by atoms with Crippen LogP contribution in [0.25, 0.3) is 27.8 Å². The predicted octanol–water partition coefficient (Wildman–Crippen LogP) is 5.91. The molecule has 0 atom stereocenters. The van der Waals surface area contributed by atoms with Gasteiger partial charge >= 0.3 is 0 Å². The van der Waals surface area contributed by atoms with Crippen LogP contribution in [0.1, 0.15) is 21.6 Å². The van der Waals surface area contributed by atoms with Crippen LogP contribution in [0.2, 0.25) is 5.02 Å². The van der Waals surface area contributed by atoms with E-state index in [9.17, 15) is 9.59 Å². The lowest BCUT2D eigenvalue weighted by Crippen LogP contribution is -2.23. The minimum Gasteiger partial charge on any atom is -0.316 e. The molecule has 5 rings (SSSR count). The average Bonchev–Trinajstić information content (AvgIpc) is 3.07. The third-order valence-electron chi connectivity index (χ3n) is 6.27. The minimum atomic E-state index is -0.359. The van der Waals surface area contributed by atoms with Gasteiger partial charge in [0, 0.05) is 23.0 Å². The van der Waals surface area contributed by atoms with Crippen LogP contribution in [-0.2, 0) is 7.05 Å². The number of aromatic nitrogens is 3. The van der Waals surface area contributed by atoms with Crippen molar-refractivity contribution in [1.29, 1.82) is 0 Å². The van der Waals surface area contributed by atoms with Gasteiger partial charge in [-0.1, -0.05) is 60.1 Å². The van der Waals surface area contributed by atoms with Gasteiger partial charge in [0.15, 0.2) is 0 Å². The monoisotopic (exact) mass is 482 g/mol. The first-order valence-corrected chi connectivity index (χ1v) is 11.5. The van der Waals surface area contributed by atoms with E-state index in [0.29, 0.717) is 27.5 Å². The van der Waals surface area contributed by atoms with Gasteiger partial charge in [0.2, 0.25) is 0 Å². The molecule has 2 heterocycles. The fourth-order valence-corrected chi connectivity index (χ4v) is 4.50. The maximum atomic E-state index is 13.7. The van der Waals surface area contributed by atoms with Crippen molar-refractivity contribution in [3.05, 3.63) is 111 Å². The number of carbonyl (C=O) groups excluding carboxylic acids is 1. The highest BCUT2D eigenvalue weighted by Crippen LogP contribution is 2.31. The first-order valence-electron chi connectivity index (χ1n) is 11.2. The molecule has 0 aliphatic rings. The zero-order valence-electron chi connectivity index (χ0n) is 19.5. The summed E-state index contributed by atoms with van der Waals surface area (Å²) in [4.78, 5) is 31.9. The number of halogens is 1. The van der Waals surface area contributed by atoms with Crippen LogP contribution in [0.15, 0.2) is 83.7 Å².